The standard InChI is InChI=1S/C23H34N4O3/c1-7-12-27(21(14-16(2)3)23(29)30-17(4)5)22(28)9-8-13-26-18(6)25-19-15-24-11-10-20(19)26/h7,10-11,15-17,21H,1,8-9,12-14H2,2-6H3/t21-/m0/s1. The SMILES string of the molecule is C=CCN(C(=O)CCCn1c(C)nc2cnccc21)[C@@H](CC(C)C)C(=O)OC(C)C. The molecule has 0 saturated heterocycles. The predicted octanol–water partition coefficient (Wildman–Crippen LogP) is 3.90. The third-order valence-electron chi connectivity index (χ3n) is 4.85. The van der Waals surface area contributed by atoms with E-state index in [0.717, 1.165) is 16.9 Å². The third kappa shape index (κ3) is 6.15. The van der Waals surface area contributed by atoms with Crippen molar-refractivity contribution < 1.29 is 14.3 Å². The first-order chi connectivity index (χ1) is 14.2. The second kappa shape index (κ2) is 10.9. The number of aryl methyl sites for hydroxylation is 2. The summed E-state index contributed by atoms with van der Waals surface area (Å²) in [6.45, 7) is 14.4. The van der Waals surface area contributed by atoms with Crippen LogP contribution in [0, 0.1) is 12.8 Å². The molecule has 2 aromatic rings. The molecule has 0 aliphatic heterocycles. The van der Waals surface area contributed by atoms with Gasteiger partial charge >= 0.3 is 5.97 Å². The summed E-state index contributed by atoms with van der Waals surface area (Å²) in [6, 6.07) is 1.33. The molecule has 2 heterocycles. The van der Waals surface area contributed by atoms with Crippen molar-refractivity contribution in [1.29, 1.82) is 0 Å². The zero-order chi connectivity index (χ0) is 22.3. The van der Waals surface area contributed by atoms with Gasteiger partial charge in [0.25, 0.3) is 0 Å². The number of carbonyl (C=O) groups is 2. The number of amides is 1. The van der Waals surface area contributed by atoms with Crippen LogP contribution in [0.4, 0.5) is 0 Å². The molecule has 2 aromatic heterocycles. The van der Waals surface area contributed by atoms with Gasteiger partial charge in [0.15, 0.2) is 0 Å². The minimum absolute atomic E-state index is 0.0648. The molecule has 0 aliphatic carbocycles. The fraction of sp³-hybridized carbons (Fsp3) is 0.565. The van der Waals surface area contributed by atoms with E-state index >= 15 is 0 Å². The molecule has 1 atom stereocenters. The lowest BCUT2D eigenvalue weighted by atomic mass is 10.0. The average Bonchev–Trinajstić information content (AvgIpc) is 2.99. The van der Waals surface area contributed by atoms with Crippen molar-refractivity contribution in [2.75, 3.05) is 6.54 Å². The molecule has 30 heavy (non-hydrogen) atoms. The molecule has 0 aromatic carbocycles. The number of imidazole rings is 1. The van der Waals surface area contributed by atoms with Crippen LogP contribution in [0.3, 0.4) is 0 Å². The zero-order valence-electron chi connectivity index (χ0n) is 18.8. The Hall–Kier alpha value is -2.70. The molecule has 0 aliphatic rings. The van der Waals surface area contributed by atoms with E-state index < -0.39 is 6.04 Å². The van der Waals surface area contributed by atoms with Gasteiger partial charge in [-0.3, -0.25) is 9.78 Å². The van der Waals surface area contributed by atoms with Crippen molar-refractivity contribution in [1.82, 2.24) is 19.4 Å². The lowest BCUT2D eigenvalue weighted by Gasteiger charge is -2.31. The fourth-order valence-electron chi connectivity index (χ4n) is 3.57. The van der Waals surface area contributed by atoms with Gasteiger partial charge in [0.1, 0.15) is 17.4 Å². The van der Waals surface area contributed by atoms with Crippen LogP contribution < -0.4 is 0 Å². The number of hydrogen-bond acceptors (Lipinski definition) is 5. The molecule has 0 unspecified atom stereocenters. The van der Waals surface area contributed by atoms with Gasteiger partial charge in [-0.2, -0.15) is 0 Å². The Balaban J connectivity index is 2.09. The highest BCUT2D eigenvalue weighted by Crippen LogP contribution is 2.18. The van der Waals surface area contributed by atoms with Crippen molar-refractivity contribution >= 4 is 22.9 Å². The highest BCUT2D eigenvalue weighted by Gasteiger charge is 2.31. The summed E-state index contributed by atoms with van der Waals surface area (Å²) < 4.78 is 7.53. The van der Waals surface area contributed by atoms with Crippen molar-refractivity contribution in [2.45, 2.75) is 72.6 Å². The highest BCUT2D eigenvalue weighted by atomic mass is 16.5. The second-order valence-electron chi connectivity index (χ2n) is 8.24. The highest BCUT2D eigenvalue weighted by molar-refractivity contribution is 5.85. The van der Waals surface area contributed by atoms with Gasteiger partial charge in [-0.25, -0.2) is 9.78 Å². The van der Waals surface area contributed by atoms with Crippen LogP contribution >= 0.6 is 0 Å². The quantitative estimate of drug-likeness (QED) is 0.412. The first kappa shape index (κ1) is 23.6. The van der Waals surface area contributed by atoms with Crippen LogP contribution in [0.15, 0.2) is 31.1 Å². The Bertz CT molecular complexity index is 872. The molecule has 164 valence electrons. The maximum absolute atomic E-state index is 13.1. The lowest BCUT2D eigenvalue weighted by Crippen LogP contribution is -2.47. The summed E-state index contributed by atoms with van der Waals surface area (Å²) in [5.41, 5.74) is 1.86. The molecule has 0 bridgehead atoms. The van der Waals surface area contributed by atoms with Crippen LogP contribution in [0.1, 0.15) is 52.8 Å². The molecule has 0 N–H and O–H groups in total. The Labute approximate surface area is 179 Å². The van der Waals surface area contributed by atoms with E-state index in [1.165, 1.54) is 0 Å². The van der Waals surface area contributed by atoms with E-state index in [9.17, 15) is 9.59 Å². The number of carbonyl (C=O) groups excluding carboxylic acids is 2. The molecule has 7 nitrogen and oxygen atoms in total. The van der Waals surface area contributed by atoms with Crippen molar-refractivity contribution in [3.63, 3.8) is 0 Å². The molecule has 2 rings (SSSR count). The van der Waals surface area contributed by atoms with Crippen LogP contribution in [-0.4, -0.2) is 50.0 Å². The molecule has 0 spiro atoms. The van der Waals surface area contributed by atoms with E-state index in [0.29, 0.717) is 32.4 Å². The lowest BCUT2D eigenvalue weighted by molar-refractivity contribution is -0.158. The van der Waals surface area contributed by atoms with Gasteiger partial charge in [0.05, 0.1) is 17.8 Å². The van der Waals surface area contributed by atoms with Gasteiger partial charge in [-0.05, 0) is 45.6 Å². The molecule has 7 heteroatoms. The van der Waals surface area contributed by atoms with Gasteiger partial charge in [-0.15, -0.1) is 6.58 Å². The Morgan fingerprint density at radius 3 is 2.67 bits per heavy atom. The number of hydrogen-bond donors (Lipinski definition) is 0. The number of nitrogens with zero attached hydrogens (tertiary/aromatic N) is 4. The van der Waals surface area contributed by atoms with E-state index in [-0.39, 0.29) is 23.9 Å². The molecule has 0 fully saturated rings. The van der Waals surface area contributed by atoms with Crippen LogP contribution in [0.25, 0.3) is 11.0 Å². The van der Waals surface area contributed by atoms with Crippen LogP contribution in [0.2, 0.25) is 0 Å². The first-order valence-corrected chi connectivity index (χ1v) is 10.6. The molecule has 0 radical (unpaired) electrons. The van der Waals surface area contributed by atoms with Crippen molar-refractivity contribution in [3.05, 3.63) is 36.9 Å². The van der Waals surface area contributed by atoms with Gasteiger partial charge in [-0.1, -0.05) is 19.9 Å². The monoisotopic (exact) mass is 414 g/mol. The third-order valence-corrected chi connectivity index (χ3v) is 4.85. The largest absolute Gasteiger partial charge is 0.461 e. The minimum atomic E-state index is -0.597. The Kier molecular flexibility index (Phi) is 8.57. The number of pyridine rings is 1. The summed E-state index contributed by atoms with van der Waals surface area (Å²) in [4.78, 5) is 36.0. The number of rotatable bonds is 11. The van der Waals surface area contributed by atoms with E-state index in [4.69, 9.17) is 4.74 Å². The number of esters is 1. The summed E-state index contributed by atoms with van der Waals surface area (Å²) in [6.07, 6.45) is 6.47. The smallest absolute Gasteiger partial charge is 0.329 e. The molecular formula is C23H34N4O3. The molecular weight excluding hydrogens is 380 g/mol. The van der Waals surface area contributed by atoms with E-state index in [1.807, 2.05) is 40.7 Å². The maximum atomic E-state index is 13.1. The summed E-state index contributed by atoms with van der Waals surface area (Å²) in [5.74, 6) is 0.734. The normalized spacial score (nSPS) is 12.4. The fourth-order valence-corrected chi connectivity index (χ4v) is 3.57. The van der Waals surface area contributed by atoms with Gasteiger partial charge in [0, 0.05) is 25.7 Å². The Morgan fingerprint density at radius 2 is 2.03 bits per heavy atom. The summed E-state index contributed by atoms with van der Waals surface area (Å²) in [7, 11) is 0. The zero-order valence-corrected chi connectivity index (χ0v) is 18.8. The maximum Gasteiger partial charge on any atom is 0.329 e. The van der Waals surface area contributed by atoms with Gasteiger partial charge < -0.3 is 14.2 Å². The number of aromatic nitrogens is 3. The topological polar surface area (TPSA) is 77.3 Å². The minimum Gasteiger partial charge on any atom is -0.461 e. The van der Waals surface area contributed by atoms with Crippen LogP contribution in [0.5, 0.6) is 0 Å². The number of ether oxygens (including phenoxy) is 1. The first-order valence-electron chi connectivity index (χ1n) is 10.6. The summed E-state index contributed by atoms with van der Waals surface area (Å²) >= 11 is 0. The molecule has 0 saturated carbocycles. The van der Waals surface area contributed by atoms with Crippen molar-refractivity contribution in [2.24, 2.45) is 5.92 Å². The second-order valence-corrected chi connectivity index (χ2v) is 8.24. The van der Waals surface area contributed by atoms with Crippen molar-refractivity contribution in [3.8, 4) is 0 Å². The Morgan fingerprint density at radius 1 is 1.30 bits per heavy atom. The average molecular weight is 415 g/mol. The summed E-state index contributed by atoms with van der Waals surface area (Å²) in [5, 5.41) is 0. The van der Waals surface area contributed by atoms with Crippen LogP contribution in [-0.2, 0) is 20.9 Å². The number of fused-ring (bicyclic) bond motifs is 1. The predicted molar refractivity (Wildman–Crippen MR) is 118 cm³/mol. The van der Waals surface area contributed by atoms with E-state index in [2.05, 4.69) is 21.1 Å². The van der Waals surface area contributed by atoms with Gasteiger partial charge in [0.2, 0.25) is 5.91 Å². The van der Waals surface area contributed by atoms with E-state index in [1.54, 1.807) is 23.4 Å². The molecule has 1 amide bonds.